The maximum Gasteiger partial charge on any atom is 0.123 e. The number of nitrogens with one attached hydrogen (secondary N) is 1. The molecular weight excluding hydrogens is 283 g/mol. The molecule has 0 radical (unpaired) electrons. The van der Waals surface area contributed by atoms with Gasteiger partial charge in [-0.25, -0.2) is 4.39 Å². The standard InChI is InChI=1S/C17H17FN2S/c1-2-7-19-17(12-4-3-5-14(18)9-12)13-10-16-15(20-11-13)6-8-21-16/h3-6,8-11,17,19H,2,7H2,1H3. The van der Waals surface area contributed by atoms with Crippen molar-refractivity contribution in [3.05, 3.63) is 64.9 Å². The fourth-order valence-corrected chi connectivity index (χ4v) is 3.21. The number of thiophene rings is 1. The Hall–Kier alpha value is -1.78. The molecule has 2 aromatic heterocycles. The number of pyridine rings is 1. The van der Waals surface area contributed by atoms with Crippen LogP contribution in [0.25, 0.3) is 10.2 Å². The van der Waals surface area contributed by atoms with Crippen LogP contribution in [-0.2, 0) is 0 Å². The lowest BCUT2D eigenvalue weighted by atomic mass is 10.00. The van der Waals surface area contributed by atoms with Crippen LogP contribution in [0.15, 0.2) is 48.0 Å². The normalized spacial score (nSPS) is 12.7. The zero-order valence-electron chi connectivity index (χ0n) is 11.8. The molecule has 1 unspecified atom stereocenters. The molecule has 0 aliphatic carbocycles. The summed E-state index contributed by atoms with van der Waals surface area (Å²) in [5.74, 6) is -0.207. The zero-order chi connectivity index (χ0) is 14.7. The molecule has 4 heteroatoms. The van der Waals surface area contributed by atoms with Crippen molar-refractivity contribution < 1.29 is 4.39 Å². The van der Waals surface area contributed by atoms with Gasteiger partial charge in [0.15, 0.2) is 0 Å². The summed E-state index contributed by atoms with van der Waals surface area (Å²) in [6.45, 7) is 3.00. The monoisotopic (exact) mass is 300 g/mol. The average molecular weight is 300 g/mol. The van der Waals surface area contributed by atoms with Crippen molar-refractivity contribution in [1.29, 1.82) is 0 Å². The Morgan fingerprint density at radius 2 is 2.14 bits per heavy atom. The summed E-state index contributed by atoms with van der Waals surface area (Å²) in [7, 11) is 0. The minimum Gasteiger partial charge on any atom is -0.306 e. The second kappa shape index (κ2) is 6.33. The molecule has 1 atom stereocenters. The highest BCUT2D eigenvalue weighted by molar-refractivity contribution is 7.17. The quantitative estimate of drug-likeness (QED) is 0.749. The number of nitrogens with zero attached hydrogens (tertiary/aromatic N) is 1. The number of hydrogen-bond donors (Lipinski definition) is 1. The molecule has 21 heavy (non-hydrogen) atoms. The summed E-state index contributed by atoms with van der Waals surface area (Å²) in [4.78, 5) is 4.49. The van der Waals surface area contributed by atoms with Gasteiger partial charge in [-0.1, -0.05) is 19.1 Å². The van der Waals surface area contributed by atoms with E-state index in [0.29, 0.717) is 0 Å². The summed E-state index contributed by atoms with van der Waals surface area (Å²) in [6.07, 6.45) is 2.91. The second-order valence-electron chi connectivity index (χ2n) is 5.01. The molecule has 0 aliphatic rings. The van der Waals surface area contributed by atoms with Crippen LogP contribution >= 0.6 is 11.3 Å². The molecule has 0 saturated carbocycles. The molecular formula is C17H17FN2S. The van der Waals surface area contributed by atoms with Gasteiger partial charge in [-0.2, -0.15) is 0 Å². The molecule has 0 fully saturated rings. The molecule has 0 saturated heterocycles. The third kappa shape index (κ3) is 3.12. The molecule has 3 rings (SSSR count). The van der Waals surface area contributed by atoms with E-state index < -0.39 is 0 Å². The van der Waals surface area contributed by atoms with E-state index in [9.17, 15) is 4.39 Å². The van der Waals surface area contributed by atoms with Gasteiger partial charge in [0.25, 0.3) is 0 Å². The molecule has 2 heterocycles. The van der Waals surface area contributed by atoms with Crippen LogP contribution in [0.3, 0.4) is 0 Å². The van der Waals surface area contributed by atoms with Gasteiger partial charge >= 0.3 is 0 Å². The fraction of sp³-hybridized carbons (Fsp3) is 0.235. The Labute approximate surface area is 127 Å². The predicted molar refractivity (Wildman–Crippen MR) is 86.2 cm³/mol. The van der Waals surface area contributed by atoms with Gasteiger partial charge in [-0.15, -0.1) is 11.3 Å². The Morgan fingerprint density at radius 1 is 1.24 bits per heavy atom. The first-order valence-electron chi connectivity index (χ1n) is 7.10. The Bertz CT molecular complexity index is 738. The fourth-order valence-electron chi connectivity index (χ4n) is 2.42. The van der Waals surface area contributed by atoms with Crippen LogP contribution in [-0.4, -0.2) is 11.5 Å². The van der Waals surface area contributed by atoms with E-state index in [-0.39, 0.29) is 11.9 Å². The third-order valence-electron chi connectivity index (χ3n) is 3.44. The SMILES string of the molecule is CCCNC(c1cccc(F)c1)c1cnc2ccsc2c1. The van der Waals surface area contributed by atoms with Crippen LogP contribution in [0.1, 0.15) is 30.5 Å². The smallest absolute Gasteiger partial charge is 0.123 e. The number of aromatic nitrogens is 1. The summed E-state index contributed by atoms with van der Waals surface area (Å²) < 4.78 is 14.7. The van der Waals surface area contributed by atoms with Gasteiger partial charge in [0.05, 0.1) is 16.3 Å². The molecule has 0 bridgehead atoms. The van der Waals surface area contributed by atoms with Crippen molar-refractivity contribution in [3.8, 4) is 0 Å². The van der Waals surface area contributed by atoms with Crippen molar-refractivity contribution in [1.82, 2.24) is 10.3 Å². The number of benzene rings is 1. The molecule has 1 N–H and O–H groups in total. The van der Waals surface area contributed by atoms with Crippen LogP contribution < -0.4 is 5.32 Å². The molecule has 108 valence electrons. The minimum atomic E-state index is -0.207. The number of rotatable bonds is 5. The molecule has 1 aromatic carbocycles. The lowest BCUT2D eigenvalue weighted by Gasteiger charge is -2.19. The summed E-state index contributed by atoms with van der Waals surface area (Å²) >= 11 is 1.68. The average Bonchev–Trinajstić information content (AvgIpc) is 2.95. The summed E-state index contributed by atoms with van der Waals surface area (Å²) in [5, 5.41) is 5.52. The molecule has 2 nitrogen and oxygen atoms in total. The van der Waals surface area contributed by atoms with Crippen LogP contribution in [0.2, 0.25) is 0 Å². The Morgan fingerprint density at radius 3 is 2.95 bits per heavy atom. The van der Waals surface area contributed by atoms with Crippen molar-refractivity contribution in [3.63, 3.8) is 0 Å². The van der Waals surface area contributed by atoms with Crippen LogP contribution in [0.5, 0.6) is 0 Å². The van der Waals surface area contributed by atoms with Crippen molar-refractivity contribution in [2.45, 2.75) is 19.4 Å². The minimum absolute atomic E-state index is 0.0281. The van der Waals surface area contributed by atoms with Gasteiger partial charge in [-0.3, -0.25) is 4.98 Å². The second-order valence-corrected chi connectivity index (χ2v) is 5.96. The maximum atomic E-state index is 13.5. The molecule has 0 amide bonds. The summed E-state index contributed by atoms with van der Waals surface area (Å²) in [6, 6.07) is 10.9. The summed E-state index contributed by atoms with van der Waals surface area (Å²) in [5.41, 5.74) is 3.02. The van der Waals surface area contributed by atoms with Crippen LogP contribution in [0.4, 0.5) is 4.39 Å². The first-order chi connectivity index (χ1) is 10.3. The highest BCUT2D eigenvalue weighted by atomic mass is 32.1. The predicted octanol–water partition coefficient (Wildman–Crippen LogP) is 4.52. The number of halogens is 1. The van der Waals surface area contributed by atoms with Crippen molar-refractivity contribution in [2.24, 2.45) is 0 Å². The first-order valence-corrected chi connectivity index (χ1v) is 7.98. The molecule has 0 spiro atoms. The lowest BCUT2D eigenvalue weighted by Crippen LogP contribution is -2.23. The topological polar surface area (TPSA) is 24.9 Å². The van der Waals surface area contributed by atoms with E-state index in [1.54, 1.807) is 23.5 Å². The van der Waals surface area contributed by atoms with Gasteiger partial charge in [0.2, 0.25) is 0 Å². The largest absolute Gasteiger partial charge is 0.306 e. The Balaban J connectivity index is 2.01. The highest BCUT2D eigenvalue weighted by Crippen LogP contribution is 2.27. The van der Waals surface area contributed by atoms with Crippen LogP contribution in [0, 0.1) is 5.82 Å². The Kier molecular flexibility index (Phi) is 4.27. The first kappa shape index (κ1) is 14.2. The molecule has 3 aromatic rings. The number of fused-ring (bicyclic) bond motifs is 1. The van der Waals surface area contributed by atoms with E-state index in [1.165, 1.54) is 6.07 Å². The van der Waals surface area contributed by atoms with E-state index in [2.05, 4.69) is 23.3 Å². The highest BCUT2D eigenvalue weighted by Gasteiger charge is 2.15. The van der Waals surface area contributed by atoms with Crippen molar-refractivity contribution >= 4 is 21.6 Å². The lowest BCUT2D eigenvalue weighted by molar-refractivity contribution is 0.585. The van der Waals surface area contributed by atoms with E-state index in [4.69, 9.17) is 0 Å². The van der Waals surface area contributed by atoms with E-state index in [1.807, 2.05) is 23.7 Å². The van der Waals surface area contributed by atoms with Gasteiger partial charge < -0.3 is 5.32 Å². The van der Waals surface area contributed by atoms with E-state index >= 15 is 0 Å². The van der Waals surface area contributed by atoms with Gasteiger partial charge in [0.1, 0.15) is 5.82 Å². The van der Waals surface area contributed by atoms with Gasteiger partial charge in [0, 0.05) is 6.20 Å². The number of hydrogen-bond acceptors (Lipinski definition) is 3. The van der Waals surface area contributed by atoms with Crippen molar-refractivity contribution in [2.75, 3.05) is 6.54 Å². The van der Waals surface area contributed by atoms with Gasteiger partial charge in [-0.05, 0) is 53.7 Å². The third-order valence-corrected chi connectivity index (χ3v) is 4.29. The zero-order valence-corrected chi connectivity index (χ0v) is 12.7. The van der Waals surface area contributed by atoms with E-state index in [0.717, 1.165) is 34.3 Å². The molecule has 0 aliphatic heterocycles. The maximum absolute atomic E-state index is 13.5.